The van der Waals surface area contributed by atoms with Crippen molar-refractivity contribution >= 4 is 23.1 Å². The van der Waals surface area contributed by atoms with Crippen molar-refractivity contribution < 1.29 is 0 Å². The lowest BCUT2D eigenvalue weighted by Gasteiger charge is -2.04. The summed E-state index contributed by atoms with van der Waals surface area (Å²) in [6.07, 6.45) is 3.24. The maximum Gasteiger partial charge on any atom is 0.103 e. The zero-order valence-corrected chi connectivity index (χ0v) is 12.3. The third-order valence-corrected chi connectivity index (χ3v) is 4.07. The van der Waals surface area contributed by atoms with Crippen LogP contribution < -0.4 is 5.32 Å². The molecule has 0 fully saturated rings. The molecule has 1 aromatic rings. The second-order valence-corrected chi connectivity index (χ2v) is 6.32. The Kier molecular flexibility index (Phi) is 6.39. The lowest BCUT2D eigenvalue weighted by atomic mass is 10.1. The summed E-state index contributed by atoms with van der Waals surface area (Å²) in [5.74, 6) is 1.73. The molecule has 1 rings (SSSR count). The SMILES string of the molecule is CCNCc1sc(CSC)nc1CC(C)C. The lowest BCUT2D eigenvalue weighted by Crippen LogP contribution is -2.12. The molecule has 0 saturated carbocycles. The van der Waals surface area contributed by atoms with Crippen LogP contribution in [0.3, 0.4) is 0 Å². The zero-order chi connectivity index (χ0) is 12.0. The van der Waals surface area contributed by atoms with E-state index in [1.54, 1.807) is 0 Å². The number of thioether (sulfide) groups is 1. The topological polar surface area (TPSA) is 24.9 Å². The monoisotopic (exact) mass is 258 g/mol. The van der Waals surface area contributed by atoms with Crippen LogP contribution in [0.2, 0.25) is 0 Å². The average molecular weight is 258 g/mol. The first kappa shape index (κ1) is 14.0. The van der Waals surface area contributed by atoms with Crippen LogP contribution in [0.4, 0.5) is 0 Å². The molecule has 0 aliphatic carbocycles. The Morgan fingerprint density at radius 3 is 2.75 bits per heavy atom. The number of nitrogens with one attached hydrogen (secondary N) is 1. The molecule has 1 heterocycles. The van der Waals surface area contributed by atoms with Gasteiger partial charge < -0.3 is 5.32 Å². The summed E-state index contributed by atoms with van der Waals surface area (Å²) in [5, 5.41) is 4.67. The van der Waals surface area contributed by atoms with Crippen LogP contribution in [-0.4, -0.2) is 17.8 Å². The molecular formula is C12H22N2S2. The maximum atomic E-state index is 4.75. The van der Waals surface area contributed by atoms with E-state index in [1.165, 1.54) is 15.6 Å². The number of hydrogen-bond acceptors (Lipinski definition) is 4. The van der Waals surface area contributed by atoms with E-state index in [0.29, 0.717) is 5.92 Å². The van der Waals surface area contributed by atoms with Crippen LogP contribution in [0.15, 0.2) is 0 Å². The van der Waals surface area contributed by atoms with Crippen molar-refractivity contribution in [2.24, 2.45) is 5.92 Å². The van der Waals surface area contributed by atoms with Gasteiger partial charge in [-0.2, -0.15) is 11.8 Å². The van der Waals surface area contributed by atoms with Gasteiger partial charge in [-0.1, -0.05) is 20.8 Å². The Labute approximate surface area is 107 Å². The zero-order valence-electron chi connectivity index (χ0n) is 10.7. The number of aromatic nitrogens is 1. The molecule has 2 nitrogen and oxygen atoms in total. The van der Waals surface area contributed by atoms with Crippen molar-refractivity contribution in [1.82, 2.24) is 10.3 Å². The van der Waals surface area contributed by atoms with E-state index in [9.17, 15) is 0 Å². The smallest absolute Gasteiger partial charge is 0.103 e. The van der Waals surface area contributed by atoms with Crippen LogP contribution in [-0.2, 0) is 18.7 Å². The van der Waals surface area contributed by atoms with E-state index in [-0.39, 0.29) is 0 Å². The van der Waals surface area contributed by atoms with Crippen molar-refractivity contribution in [1.29, 1.82) is 0 Å². The molecule has 4 heteroatoms. The summed E-state index contributed by atoms with van der Waals surface area (Å²) >= 11 is 3.72. The first-order chi connectivity index (χ1) is 7.67. The van der Waals surface area contributed by atoms with Crippen LogP contribution in [0, 0.1) is 5.92 Å². The average Bonchev–Trinajstić information content (AvgIpc) is 2.57. The van der Waals surface area contributed by atoms with Gasteiger partial charge in [-0.25, -0.2) is 4.98 Å². The molecule has 0 bridgehead atoms. The van der Waals surface area contributed by atoms with Gasteiger partial charge in [-0.15, -0.1) is 11.3 Å². The highest BCUT2D eigenvalue weighted by Crippen LogP contribution is 2.23. The standard InChI is InChI=1S/C12H22N2S2/c1-5-13-7-11-10(6-9(2)3)14-12(16-11)8-15-4/h9,13H,5-8H2,1-4H3. The van der Waals surface area contributed by atoms with E-state index in [1.807, 2.05) is 23.1 Å². The summed E-state index contributed by atoms with van der Waals surface area (Å²) in [6.45, 7) is 8.66. The molecule has 0 atom stereocenters. The summed E-state index contributed by atoms with van der Waals surface area (Å²) in [5.41, 5.74) is 1.31. The van der Waals surface area contributed by atoms with E-state index < -0.39 is 0 Å². The number of hydrogen-bond donors (Lipinski definition) is 1. The summed E-state index contributed by atoms with van der Waals surface area (Å²) in [6, 6.07) is 0. The van der Waals surface area contributed by atoms with Crippen molar-refractivity contribution in [3.63, 3.8) is 0 Å². The molecule has 0 amide bonds. The van der Waals surface area contributed by atoms with Crippen LogP contribution >= 0.6 is 23.1 Å². The van der Waals surface area contributed by atoms with Gasteiger partial charge >= 0.3 is 0 Å². The third kappa shape index (κ3) is 4.44. The van der Waals surface area contributed by atoms with Gasteiger partial charge in [0.25, 0.3) is 0 Å². The molecule has 92 valence electrons. The lowest BCUT2D eigenvalue weighted by molar-refractivity contribution is 0.626. The predicted molar refractivity (Wildman–Crippen MR) is 75.3 cm³/mol. The fraction of sp³-hybridized carbons (Fsp3) is 0.750. The summed E-state index contributed by atoms with van der Waals surface area (Å²) < 4.78 is 0. The van der Waals surface area contributed by atoms with Crippen LogP contribution in [0.25, 0.3) is 0 Å². The van der Waals surface area contributed by atoms with Crippen LogP contribution in [0.5, 0.6) is 0 Å². The molecule has 0 unspecified atom stereocenters. The molecule has 1 N–H and O–H groups in total. The maximum absolute atomic E-state index is 4.75. The first-order valence-corrected chi connectivity index (χ1v) is 8.05. The highest BCUT2D eigenvalue weighted by Gasteiger charge is 2.11. The Morgan fingerprint density at radius 2 is 2.19 bits per heavy atom. The van der Waals surface area contributed by atoms with E-state index in [2.05, 4.69) is 32.3 Å². The van der Waals surface area contributed by atoms with Crippen molar-refractivity contribution in [2.45, 2.75) is 39.5 Å². The van der Waals surface area contributed by atoms with Gasteiger partial charge in [-0.05, 0) is 25.1 Å². The highest BCUT2D eigenvalue weighted by molar-refractivity contribution is 7.97. The predicted octanol–water partition coefficient (Wildman–Crippen LogP) is 3.31. The van der Waals surface area contributed by atoms with Gasteiger partial charge in [-0.3, -0.25) is 0 Å². The minimum Gasteiger partial charge on any atom is -0.312 e. The normalized spacial score (nSPS) is 11.3. The molecule has 0 aliphatic rings. The highest BCUT2D eigenvalue weighted by atomic mass is 32.2. The molecular weight excluding hydrogens is 236 g/mol. The first-order valence-electron chi connectivity index (χ1n) is 5.84. The molecule has 0 aliphatic heterocycles. The number of nitrogens with zero attached hydrogens (tertiary/aromatic N) is 1. The minimum absolute atomic E-state index is 0.685. The Hall–Kier alpha value is -0.0600. The van der Waals surface area contributed by atoms with E-state index >= 15 is 0 Å². The Balaban J connectivity index is 2.75. The van der Waals surface area contributed by atoms with E-state index in [4.69, 9.17) is 4.98 Å². The Morgan fingerprint density at radius 1 is 1.44 bits per heavy atom. The number of thiazole rings is 1. The molecule has 0 aromatic carbocycles. The Bertz CT molecular complexity index is 308. The second kappa shape index (κ2) is 7.30. The van der Waals surface area contributed by atoms with Crippen molar-refractivity contribution in [3.8, 4) is 0 Å². The molecule has 16 heavy (non-hydrogen) atoms. The van der Waals surface area contributed by atoms with E-state index in [0.717, 1.165) is 25.3 Å². The van der Waals surface area contributed by atoms with Crippen molar-refractivity contribution in [3.05, 3.63) is 15.6 Å². The minimum atomic E-state index is 0.685. The fourth-order valence-corrected chi connectivity index (χ4v) is 3.31. The van der Waals surface area contributed by atoms with Gasteiger partial charge in [0.15, 0.2) is 0 Å². The molecule has 0 spiro atoms. The molecule has 0 radical (unpaired) electrons. The van der Waals surface area contributed by atoms with Gasteiger partial charge in [0.2, 0.25) is 0 Å². The van der Waals surface area contributed by atoms with Gasteiger partial charge in [0.05, 0.1) is 5.69 Å². The second-order valence-electron chi connectivity index (χ2n) is 4.29. The van der Waals surface area contributed by atoms with Gasteiger partial charge in [0, 0.05) is 17.2 Å². The summed E-state index contributed by atoms with van der Waals surface area (Å²) in [7, 11) is 0. The van der Waals surface area contributed by atoms with Crippen molar-refractivity contribution in [2.75, 3.05) is 12.8 Å². The molecule has 0 saturated heterocycles. The number of rotatable bonds is 7. The fourth-order valence-electron chi connectivity index (χ4n) is 1.54. The largest absolute Gasteiger partial charge is 0.312 e. The quantitative estimate of drug-likeness (QED) is 0.812. The third-order valence-electron chi connectivity index (χ3n) is 2.23. The van der Waals surface area contributed by atoms with Gasteiger partial charge in [0.1, 0.15) is 5.01 Å². The van der Waals surface area contributed by atoms with Crippen LogP contribution in [0.1, 0.15) is 36.3 Å². The summed E-state index contributed by atoms with van der Waals surface area (Å²) in [4.78, 5) is 6.18. The molecule has 1 aromatic heterocycles.